The van der Waals surface area contributed by atoms with Crippen molar-refractivity contribution in [3.8, 4) is 0 Å². The summed E-state index contributed by atoms with van der Waals surface area (Å²) in [7, 11) is 0. The molecule has 2 nitrogen and oxygen atoms in total. The minimum atomic E-state index is -4.19. The second kappa shape index (κ2) is 6.83. The number of carbonyl (C=O) groups excluding carboxylic acids is 1. The monoisotopic (exact) mass is 244 g/mol. The molecule has 0 heterocycles. The Kier molecular flexibility index (Phi) is 6.55. The molecule has 0 aromatic rings. The average molecular weight is 244 g/mol. The maximum Gasteiger partial charge on any atom is 0.330 e. The van der Waals surface area contributed by atoms with Crippen molar-refractivity contribution in [1.29, 1.82) is 0 Å². The van der Waals surface area contributed by atoms with Crippen LogP contribution in [-0.2, 0) is 9.53 Å². The Balaban J connectivity index is 3.86. The van der Waals surface area contributed by atoms with E-state index in [1.54, 1.807) is 6.92 Å². The van der Waals surface area contributed by atoms with Gasteiger partial charge in [-0.05, 0) is 6.42 Å². The van der Waals surface area contributed by atoms with E-state index in [0.29, 0.717) is 6.42 Å². The lowest BCUT2D eigenvalue weighted by molar-refractivity contribution is -0.168. The van der Waals surface area contributed by atoms with Gasteiger partial charge >= 0.3 is 12.3 Å². The molecule has 0 spiro atoms. The molecule has 0 aromatic carbocycles. The number of ether oxygens (including phenoxy) is 1. The van der Waals surface area contributed by atoms with Crippen LogP contribution < -0.4 is 0 Å². The van der Waals surface area contributed by atoms with Crippen LogP contribution in [0.15, 0.2) is 0 Å². The van der Waals surface area contributed by atoms with E-state index >= 15 is 0 Å². The molecule has 0 fully saturated rings. The van der Waals surface area contributed by atoms with Gasteiger partial charge in [0.05, 0.1) is 0 Å². The summed E-state index contributed by atoms with van der Waals surface area (Å²) in [6.45, 7) is 1.58. The fraction of sp³-hybridized carbons (Fsp3) is 0.900. The fourth-order valence-electron chi connectivity index (χ4n) is 1.09. The Morgan fingerprint density at radius 3 is 2.38 bits per heavy atom. The molecule has 16 heavy (non-hydrogen) atoms. The first-order valence-electron chi connectivity index (χ1n) is 5.07. The molecule has 0 rings (SSSR count). The SMILES string of the molecule is CCCC(C)C(=O)COCC(F)(F)C(F)F. The van der Waals surface area contributed by atoms with Crippen molar-refractivity contribution in [2.75, 3.05) is 13.2 Å². The molecule has 1 atom stereocenters. The quantitative estimate of drug-likeness (QED) is 0.614. The lowest BCUT2D eigenvalue weighted by atomic mass is 10.0. The maximum absolute atomic E-state index is 12.4. The van der Waals surface area contributed by atoms with E-state index in [0.717, 1.165) is 6.42 Å². The number of rotatable bonds is 8. The normalized spacial score (nSPS) is 14.2. The molecule has 0 aliphatic carbocycles. The first kappa shape index (κ1) is 15.3. The third kappa shape index (κ3) is 5.44. The van der Waals surface area contributed by atoms with Gasteiger partial charge in [0.15, 0.2) is 5.78 Å². The molecule has 1 unspecified atom stereocenters. The predicted molar refractivity (Wildman–Crippen MR) is 50.8 cm³/mol. The molecule has 0 amide bonds. The van der Waals surface area contributed by atoms with E-state index in [-0.39, 0.29) is 11.7 Å². The van der Waals surface area contributed by atoms with Crippen LogP contribution in [0.2, 0.25) is 0 Å². The van der Waals surface area contributed by atoms with Crippen LogP contribution >= 0.6 is 0 Å². The number of carbonyl (C=O) groups is 1. The van der Waals surface area contributed by atoms with Crippen LogP contribution in [0.3, 0.4) is 0 Å². The molecule has 0 saturated carbocycles. The summed E-state index contributed by atoms with van der Waals surface area (Å²) in [6.07, 6.45) is -2.34. The van der Waals surface area contributed by atoms with Crippen LogP contribution in [0.25, 0.3) is 0 Å². The smallest absolute Gasteiger partial charge is 0.330 e. The largest absolute Gasteiger partial charge is 0.367 e. The highest BCUT2D eigenvalue weighted by atomic mass is 19.3. The van der Waals surface area contributed by atoms with Crippen LogP contribution in [0.5, 0.6) is 0 Å². The number of hydrogen-bond acceptors (Lipinski definition) is 2. The number of Topliss-reactive ketones (excluding diaryl/α,β-unsaturated/α-hetero) is 1. The van der Waals surface area contributed by atoms with Crippen LogP contribution in [0.4, 0.5) is 17.6 Å². The van der Waals surface area contributed by atoms with Crippen molar-refractivity contribution in [3.63, 3.8) is 0 Å². The standard InChI is InChI=1S/C10H16F4O2/c1-3-4-7(2)8(15)5-16-6-10(13,14)9(11)12/h7,9H,3-6H2,1-2H3. The minimum absolute atomic E-state index is 0.287. The zero-order chi connectivity index (χ0) is 12.8. The second-order valence-corrected chi connectivity index (χ2v) is 3.71. The van der Waals surface area contributed by atoms with Crippen LogP contribution in [-0.4, -0.2) is 31.3 Å². The van der Waals surface area contributed by atoms with Gasteiger partial charge in [0.2, 0.25) is 0 Å². The lowest BCUT2D eigenvalue weighted by Crippen LogP contribution is -2.33. The number of alkyl halides is 4. The van der Waals surface area contributed by atoms with Gasteiger partial charge in [-0.2, -0.15) is 8.78 Å². The Morgan fingerprint density at radius 2 is 1.94 bits per heavy atom. The van der Waals surface area contributed by atoms with Crippen molar-refractivity contribution < 1.29 is 27.1 Å². The van der Waals surface area contributed by atoms with E-state index in [2.05, 4.69) is 4.74 Å². The summed E-state index contributed by atoms with van der Waals surface area (Å²) in [6, 6.07) is 0. The van der Waals surface area contributed by atoms with Gasteiger partial charge in [0.1, 0.15) is 13.2 Å². The third-order valence-electron chi connectivity index (χ3n) is 2.13. The average Bonchev–Trinajstić information content (AvgIpc) is 2.17. The summed E-state index contributed by atoms with van der Waals surface area (Å²) in [5.41, 5.74) is 0. The summed E-state index contributed by atoms with van der Waals surface area (Å²) < 4.78 is 52.4. The highest BCUT2D eigenvalue weighted by Gasteiger charge is 2.41. The number of ketones is 1. The van der Waals surface area contributed by atoms with E-state index in [9.17, 15) is 22.4 Å². The van der Waals surface area contributed by atoms with Gasteiger partial charge < -0.3 is 4.74 Å². The fourth-order valence-corrected chi connectivity index (χ4v) is 1.09. The topological polar surface area (TPSA) is 26.3 Å². The zero-order valence-electron chi connectivity index (χ0n) is 9.31. The van der Waals surface area contributed by atoms with Crippen molar-refractivity contribution in [3.05, 3.63) is 0 Å². The zero-order valence-corrected chi connectivity index (χ0v) is 9.31. The molecule has 0 aromatic heterocycles. The minimum Gasteiger partial charge on any atom is -0.367 e. The first-order chi connectivity index (χ1) is 7.31. The molecular weight excluding hydrogens is 228 g/mol. The van der Waals surface area contributed by atoms with Gasteiger partial charge in [-0.1, -0.05) is 20.3 Å². The van der Waals surface area contributed by atoms with Gasteiger partial charge in [0.25, 0.3) is 0 Å². The summed E-state index contributed by atoms with van der Waals surface area (Å²) in [4.78, 5) is 11.2. The number of hydrogen-bond donors (Lipinski definition) is 0. The Labute approximate surface area is 92.0 Å². The van der Waals surface area contributed by atoms with Crippen molar-refractivity contribution >= 4 is 5.78 Å². The molecule has 0 N–H and O–H groups in total. The van der Waals surface area contributed by atoms with Crippen molar-refractivity contribution in [2.45, 2.75) is 39.0 Å². The van der Waals surface area contributed by atoms with Crippen molar-refractivity contribution in [2.24, 2.45) is 5.92 Å². The predicted octanol–water partition coefficient (Wildman–Crippen LogP) is 2.91. The molecule has 0 bridgehead atoms. The maximum atomic E-state index is 12.4. The Hall–Kier alpha value is -0.650. The molecule has 6 heteroatoms. The van der Waals surface area contributed by atoms with E-state index in [1.165, 1.54) is 0 Å². The van der Waals surface area contributed by atoms with Crippen LogP contribution in [0, 0.1) is 5.92 Å². The van der Waals surface area contributed by atoms with E-state index in [4.69, 9.17) is 0 Å². The molecule has 0 radical (unpaired) electrons. The molecule has 0 aliphatic rings. The van der Waals surface area contributed by atoms with Gasteiger partial charge in [-0.15, -0.1) is 0 Å². The molecule has 0 saturated heterocycles. The Bertz CT molecular complexity index is 219. The summed E-state index contributed by atoms with van der Waals surface area (Å²) >= 11 is 0. The third-order valence-corrected chi connectivity index (χ3v) is 2.13. The van der Waals surface area contributed by atoms with Crippen molar-refractivity contribution in [1.82, 2.24) is 0 Å². The first-order valence-corrected chi connectivity index (χ1v) is 5.07. The van der Waals surface area contributed by atoms with Crippen LogP contribution in [0.1, 0.15) is 26.7 Å². The lowest BCUT2D eigenvalue weighted by Gasteiger charge is -2.15. The molecule has 0 aliphatic heterocycles. The second-order valence-electron chi connectivity index (χ2n) is 3.71. The van der Waals surface area contributed by atoms with Gasteiger partial charge in [-0.25, -0.2) is 8.78 Å². The van der Waals surface area contributed by atoms with Gasteiger partial charge in [-0.3, -0.25) is 4.79 Å². The summed E-state index contributed by atoms with van der Waals surface area (Å²) in [5, 5.41) is 0. The number of halogens is 4. The van der Waals surface area contributed by atoms with E-state index < -0.39 is 25.6 Å². The summed E-state index contributed by atoms with van der Waals surface area (Å²) in [5.74, 6) is -4.81. The van der Waals surface area contributed by atoms with Gasteiger partial charge in [0, 0.05) is 5.92 Å². The highest BCUT2D eigenvalue weighted by Crippen LogP contribution is 2.22. The van der Waals surface area contributed by atoms with E-state index in [1.807, 2.05) is 6.92 Å². The highest BCUT2D eigenvalue weighted by molar-refractivity contribution is 5.81. The molecular formula is C10H16F4O2. The molecule has 96 valence electrons. The Morgan fingerprint density at radius 1 is 1.38 bits per heavy atom.